The minimum absolute atomic E-state index is 0.238. The van der Waals surface area contributed by atoms with E-state index in [0.29, 0.717) is 25.2 Å². The number of rotatable bonds is 4. The summed E-state index contributed by atoms with van der Waals surface area (Å²) in [5.74, 6) is 0.0704. The van der Waals surface area contributed by atoms with Gasteiger partial charge in [0, 0.05) is 25.9 Å². The molecule has 0 aromatic carbocycles. The maximum absolute atomic E-state index is 12.7. The molecule has 23 heavy (non-hydrogen) atoms. The Balaban J connectivity index is 1.81. The van der Waals surface area contributed by atoms with Crippen LogP contribution in [0, 0.1) is 0 Å². The first kappa shape index (κ1) is 16.6. The highest BCUT2D eigenvalue weighted by Crippen LogP contribution is 2.32. The number of aryl methyl sites for hydroxylation is 1. The minimum atomic E-state index is -3.66. The van der Waals surface area contributed by atoms with Gasteiger partial charge in [-0.25, -0.2) is 8.42 Å². The van der Waals surface area contributed by atoms with Crippen LogP contribution in [0.4, 0.5) is 5.82 Å². The molecule has 1 fully saturated rings. The number of hydrogen-bond donors (Lipinski definition) is 1. The molecule has 124 valence electrons. The molecule has 1 amide bonds. The molecule has 1 aliphatic heterocycles. The second-order valence-electron chi connectivity index (χ2n) is 5.20. The van der Waals surface area contributed by atoms with Crippen LogP contribution < -0.4 is 5.32 Å². The van der Waals surface area contributed by atoms with Crippen molar-refractivity contribution in [2.24, 2.45) is 7.05 Å². The second-order valence-corrected chi connectivity index (χ2v) is 9.78. The van der Waals surface area contributed by atoms with Gasteiger partial charge < -0.3 is 5.32 Å². The Bertz CT molecular complexity index is 830. The summed E-state index contributed by atoms with van der Waals surface area (Å²) in [7, 11) is -1.92. The lowest BCUT2D eigenvalue weighted by molar-refractivity contribution is -0.119. The summed E-state index contributed by atoms with van der Waals surface area (Å²) in [5, 5.41) is 6.76. The van der Waals surface area contributed by atoms with Gasteiger partial charge in [-0.2, -0.15) is 9.40 Å². The van der Waals surface area contributed by atoms with Gasteiger partial charge in [0.25, 0.3) is 10.0 Å². The molecule has 0 radical (unpaired) electrons. The molecule has 3 rings (SSSR count). The van der Waals surface area contributed by atoms with E-state index in [1.807, 2.05) is 0 Å². The van der Waals surface area contributed by atoms with Crippen molar-refractivity contribution in [2.75, 3.05) is 11.9 Å². The van der Waals surface area contributed by atoms with Crippen LogP contribution in [-0.4, -0.2) is 41.0 Å². The van der Waals surface area contributed by atoms with Crippen LogP contribution in [0.15, 0.2) is 32.4 Å². The molecule has 1 N–H and O–H groups in total. The van der Waals surface area contributed by atoms with E-state index < -0.39 is 16.1 Å². The van der Waals surface area contributed by atoms with E-state index in [2.05, 4.69) is 26.3 Å². The third kappa shape index (κ3) is 3.35. The lowest BCUT2D eigenvalue weighted by atomic mass is 10.2. The highest BCUT2D eigenvalue weighted by atomic mass is 79.9. The van der Waals surface area contributed by atoms with E-state index in [1.54, 1.807) is 36.1 Å². The van der Waals surface area contributed by atoms with Crippen LogP contribution in [0.5, 0.6) is 0 Å². The van der Waals surface area contributed by atoms with Gasteiger partial charge in [0.2, 0.25) is 5.91 Å². The average molecular weight is 419 g/mol. The predicted molar refractivity (Wildman–Crippen MR) is 90.8 cm³/mol. The number of carbonyl (C=O) groups is 1. The molecule has 10 heteroatoms. The smallest absolute Gasteiger partial charge is 0.253 e. The molecular formula is C13H15BrN4O3S2. The molecule has 0 bridgehead atoms. The SMILES string of the molecule is Cn1ccc(NC(=O)C2CCCN2S(=O)(=O)c2ccc(Br)s2)n1. The first-order valence-corrected chi connectivity index (χ1v) is 10.0. The summed E-state index contributed by atoms with van der Waals surface area (Å²) >= 11 is 4.41. The van der Waals surface area contributed by atoms with Crippen LogP contribution in [0.1, 0.15) is 12.8 Å². The molecule has 0 spiro atoms. The van der Waals surface area contributed by atoms with Gasteiger partial charge in [0.05, 0.1) is 3.79 Å². The Morgan fingerprint density at radius 2 is 2.22 bits per heavy atom. The molecule has 0 saturated carbocycles. The zero-order valence-electron chi connectivity index (χ0n) is 12.3. The van der Waals surface area contributed by atoms with E-state index in [9.17, 15) is 13.2 Å². The summed E-state index contributed by atoms with van der Waals surface area (Å²) in [6, 6.07) is 4.21. The van der Waals surface area contributed by atoms with Crippen molar-refractivity contribution in [3.8, 4) is 0 Å². The Kier molecular flexibility index (Phi) is 4.59. The zero-order chi connectivity index (χ0) is 16.6. The number of sulfonamides is 1. The van der Waals surface area contributed by atoms with E-state index in [1.165, 1.54) is 4.31 Å². The van der Waals surface area contributed by atoms with Gasteiger partial charge in [-0.15, -0.1) is 11.3 Å². The van der Waals surface area contributed by atoms with Crippen molar-refractivity contribution < 1.29 is 13.2 Å². The van der Waals surface area contributed by atoms with Crippen molar-refractivity contribution in [1.82, 2.24) is 14.1 Å². The van der Waals surface area contributed by atoms with Crippen LogP contribution in [-0.2, 0) is 21.9 Å². The largest absolute Gasteiger partial charge is 0.308 e. The molecule has 2 aromatic heterocycles. The maximum atomic E-state index is 12.7. The molecule has 7 nitrogen and oxygen atoms in total. The van der Waals surface area contributed by atoms with Crippen LogP contribution in [0.25, 0.3) is 0 Å². The topological polar surface area (TPSA) is 84.3 Å². The lowest BCUT2D eigenvalue weighted by Crippen LogP contribution is -2.42. The van der Waals surface area contributed by atoms with Gasteiger partial charge in [0.15, 0.2) is 5.82 Å². The molecule has 1 unspecified atom stereocenters. The Morgan fingerprint density at radius 1 is 1.43 bits per heavy atom. The normalized spacial score (nSPS) is 19.1. The van der Waals surface area contributed by atoms with Crippen molar-refractivity contribution in [2.45, 2.75) is 23.1 Å². The summed E-state index contributed by atoms with van der Waals surface area (Å²) in [5.41, 5.74) is 0. The number of halogens is 1. The fourth-order valence-corrected chi connectivity index (χ4v) is 6.33. The first-order chi connectivity index (χ1) is 10.9. The number of thiophene rings is 1. The quantitative estimate of drug-likeness (QED) is 0.822. The van der Waals surface area contributed by atoms with Gasteiger partial charge in [0.1, 0.15) is 10.3 Å². The Labute approximate surface area is 146 Å². The number of anilines is 1. The van der Waals surface area contributed by atoms with Gasteiger partial charge in [-0.05, 0) is 40.9 Å². The average Bonchev–Trinajstić information content (AvgIpc) is 3.19. The maximum Gasteiger partial charge on any atom is 0.253 e. The number of aromatic nitrogens is 2. The number of nitrogens with zero attached hydrogens (tertiary/aromatic N) is 3. The molecule has 3 heterocycles. The van der Waals surface area contributed by atoms with Crippen molar-refractivity contribution >= 4 is 49.0 Å². The lowest BCUT2D eigenvalue weighted by Gasteiger charge is -2.22. The fraction of sp³-hybridized carbons (Fsp3) is 0.385. The Morgan fingerprint density at radius 3 is 2.83 bits per heavy atom. The third-order valence-electron chi connectivity index (χ3n) is 3.58. The van der Waals surface area contributed by atoms with E-state index in [4.69, 9.17) is 0 Å². The fourth-order valence-electron chi connectivity index (χ4n) is 2.53. The van der Waals surface area contributed by atoms with E-state index in [-0.39, 0.29) is 10.1 Å². The van der Waals surface area contributed by atoms with Gasteiger partial charge >= 0.3 is 0 Å². The van der Waals surface area contributed by atoms with Crippen molar-refractivity contribution in [1.29, 1.82) is 0 Å². The Hall–Kier alpha value is -1.23. The first-order valence-electron chi connectivity index (χ1n) is 6.95. The molecular weight excluding hydrogens is 404 g/mol. The number of amides is 1. The molecule has 2 aromatic rings. The van der Waals surface area contributed by atoms with E-state index in [0.717, 1.165) is 15.1 Å². The van der Waals surface area contributed by atoms with Crippen LogP contribution >= 0.6 is 27.3 Å². The number of nitrogens with one attached hydrogen (secondary N) is 1. The summed E-state index contributed by atoms with van der Waals surface area (Å²) in [6.45, 7) is 0.345. The van der Waals surface area contributed by atoms with E-state index >= 15 is 0 Å². The highest BCUT2D eigenvalue weighted by Gasteiger charge is 2.40. The number of hydrogen-bond acceptors (Lipinski definition) is 5. The highest BCUT2D eigenvalue weighted by molar-refractivity contribution is 9.11. The molecule has 1 aliphatic rings. The summed E-state index contributed by atoms with van der Waals surface area (Å²) in [6.07, 6.45) is 2.87. The number of carbonyl (C=O) groups excluding carboxylic acids is 1. The summed E-state index contributed by atoms with van der Waals surface area (Å²) < 4.78 is 29.3. The molecule has 1 atom stereocenters. The van der Waals surface area contributed by atoms with Crippen molar-refractivity contribution in [3.63, 3.8) is 0 Å². The summed E-state index contributed by atoms with van der Waals surface area (Å²) in [4.78, 5) is 12.4. The van der Waals surface area contributed by atoms with Crippen molar-refractivity contribution in [3.05, 3.63) is 28.2 Å². The minimum Gasteiger partial charge on any atom is -0.308 e. The zero-order valence-corrected chi connectivity index (χ0v) is 15.5. The van der Waals surface area contributed by atoms with Gasteiger partial charge in [-0.1, -0.05) is 0 Å². The third-order valence-corrected chi connectivity index (χ3v) is 7.58. The second kappa shape index (κ2) is 6.34. The molecule has 0 aliphatic carbocycles. The van der Waals surface area contributed by atoms with Crippen LogP contribution in [0.3, 0.4) is 0 Å². The monoisotopic (exact) mass is 418 g/mol. The van der Waals surface area contributed by atoms with Gasteiger partial charge in [-0.3, -0.25) is 9.48 Å². The standard InChI is InChI=1S/C13H15BrN4O3S2/c1-17-8-6-11(16-17)15-13(19)9-3-2-7-18(9)23(20,21)12-5-4-10(14)22-12/h4-6,8-9H,2-3,7H2,1H3,(H,15,16,19). The molecule has 1 saturated heterocycles. The predicted octanol–water partition coefficient (Wildman–Crippen LogP) is 2.04. The van der Waals surface area contributed by atoms with Crippen LogP contribution in [0.2, 0.25) is 0 Å².